The highest BCUT2D eigenvalue weighted by Crippen LogP contribution is 2.32. The van der Waals surface area contributed by atoms with Crippen molar-refractivity contribution in [2.75, 3.05) is 37.0 Å². The normalized spacial score (nSPS) is 9.26. The van der Waals surface area contributed by atoms with Crippen LogP contribution in [-0.4, -0.2) is 42.1 Å². The molecule has 0 unspecified atom stereocenters. The topological polar surface area (TPSA) is 123 Å². The molecule has 0 N–H and O–H groups in total. The summed E-state index contributed by atoms with van der Waals surface area (Å²) in [7, 11) is 3.22. The van der Waals surface area contributed by atoms with E-state index in [0.29, 0.717) is 0 Å². The van der Waals surface area contributed by atoms with E-state index in [4.69, 9.17) is 10.5 Å². The monoisotopic (exact) mass is 261 g/mol. The number of aromatic nitrogens is 2. The van der Waals surface area contributed by atoms with Crippen molar-refractivity contribution in [2.45, 2.75) is 0 Å². The zero-order chi connectivity index (χ0) is 14.4. The van der Waals surface area contributed by atoms with Gasteiger partial charge in [0.2, 0.25) is 11.6 Å². The first kappa shape index (κ1) is 14.1. The van der Waals surface area contributed by atoms with Gasteiger partial charge in [-0.3, -0.25) is 10.1 Å². The van der Waals surface area contributed by atoms with Crippen molar-refractivity contribution < 1.29 is 4.92 Å². The molecule has 0 spiro atoms. The summed E-state index contributed by atoms with van der Waals surface area (Å²) in [6.07, 6.45) is 1.17. The number of hydrogen-bond donors (Lipinski definition) is 0. The summed E-state index contributed by atoms with van der Waals surface area (Å²) >= 11 is 0. The molecule has 1 aromatic rings. The highest BCUT2D eigenvalue weighted by molar-refractivity contribution is 5.71. The van der Waals surface area contributed by atoms with E-state index in [-0.39, 0.29) is 30.4 Å². The predicted octanol–water partition coefficient (Wildman–Crippen LogP) is 0.304. The molecule has 1 rings (SSSR count). The van der Waals surface area contributed by atoms with Gasteiger partial charge in [-0.2, -0.15) is 10.5 Å². The van der Waals surface area contributed by atoms with E-state index in [9.17, 15) is 10.1 Å². The van der Waals surface area contributed by atoms with Crippen LogP contribution in [0.25, 0.3) is 0 Å². The first-order valence-electron chi connectivity index (χ1n) is 5.18. The van der Waals surface area contributed by atoms with E-state index in [1.165, 1.54) is 16.1 Å². The molecule has 9 heteroatoms. The van der Waals surface area contributed by atoms with Crippen LogP contribution >= 0.6 is 0 Å². The third kappa shape index (κ3) is 3.04. The van der Waals surface area contributed by atoms with Crippen molar-refractivity contribution in [1.82, 2.24) is 9.97 Å². The van der Waals surface area contributed by atoms with E-state index in [2.05, 4.69) is 9.97 Å². The zero-order valence-corrected chi connectivity index (χ0v) is 10.4. The van der Waals surface area contributed by atoms with E-state index >= 15 is 0 Å². The largest absolute Gasteiger partial charge is 0.357 e. The Kier molecular flexibility index (Phi) is 4.55. The summed E-state index contributed by atoms with van der Waals surface area (Å²) < 4.78 is 0. The number of hydrogen-bond acceptors (Lipinski definition) is 8. The van der Waals surface area contributed by atoms with Crippen LogP contribution in [0.3, 0.4) is 0 Å². The molecule has 0 atom stereocenters. The molecular weight excluding hydrogens is 250 g/mol. The Morgan fingerprint density at radius 3 is 2.21 bits per heavy atom. The fourth-order valence-corrected chi connectivity index (χ4v) is 1.46. The molecule has 1 heterocycles. The van der Waals surface area contributed by atoms with Gasteiger partial charge >= 0.3 is 5.69 Å². The van der Waals surface area contributed by atoms with Crippen molar-refractivity contribution in [2.24, 2.45) is 0 Å². The lowest BCUT2D eigenvalue weighted by Crippen LogP contribution is -2.27. The van der Waals surface area contributed by atoms with Crippen LogP contribution < -0.4 is 9.80 Å². The van der Waals surface area contributed by atoms with E-state index in [1.807, 2.05) is 12.1 Å². The number of nitrogens with zero attached hydrogens (tertiary/aromatic N) is 7. The summed E-state index contributed by atoms with van der Waals surface area (Å²) in [6, 6.07) is 3.69. The van der Waals surface area contributed by atoms with Crippen molar-refractivity contribution in [3.05, 3.63) is 16.4 Å². The third-order valence-electron chi connectivity index (χ3n) is 2.21. The molecule has 1 aromatic heterocycles. The Labute approximate surface area is 109 Å². The average Bonchev–Trinajstić information content (AvgIpc) is 2.37. The lowest BCUT2D eigenvalue weighted by atomic mass is 10.3. The SMILES string of the molecule is CN(C)c1ncnc(N(CC#N)CC#N)c1[N+](=O)[O-]. The van der Waals surface area contributed by atoms with Crippen molar-refractivity contribution >= 4 is 17.3 Å². The molecule has 0 aliphatic carbocycles. The van der Waals surface area contributed by atoms with Gasteiger partial charge in [0.05, 0.1) is 17.1 Å². The molecule has 0 aliphatic rings. The van der Waals surface area contributed by atoms with Crippen molar-refractivity contribution in [3.8, 4) is 12.1 Å². The van der Waals surface area contributed by atoms with Gasteiger partial charge in [-0.05, 0) is 0 Å². The first-order valence-corrected chi connectivity index (χ1v) is 5.18. The number of anilines is 2. The lowest BCUT2D eigenvalue weighted by Gasteiger charge is -2.19. The molecule has 0 aliphatic heterocycles. The van der Waals surface area contributed by atoms with Crippen LogP contribution in [-0.2, 0) is 0 Å². The Balaban J connectivity index is 3.41. The third-order valence-corrected chi connectivity index (χ3v) is 2.21. The molecule has 98 valence electrons. The number of rotatable bonds is 5. The summed E-state index contributed by atoms with van der Waals surface area (Å²) in [6.45, 7) is -0.337. The second kappa shape index (κ2) is 6.12. The van der Waals surface area contributed by atoms with Crippen LogP contribution in [0.1, 0.15) is 0 Å². The van der Waals surface area contributed by atoms with E-state index in [1.54, 1.807) is 14.1 Å². The molecule has 0 amide bonds. The lowest BCUT2D eigenvalue weighted by molar-refractivity contribution is -0.383. The minimum atomic E-state index is -0.619. The fraction of sp³-hybridized carbons (Fsp3) is 0.400. The minimum Gasteiger partial charge on any atom is -0.357 e. The molecule has 0 aromatic carbocycles. The molecule has 9 nitrogen and oxygen atoms in total. The molecule has 0 fully saturated rings. The van der Waals surface area contributed by atoms with Gasteiger partial charge in [0, 0.05) is 14.1 Å². The fourth-order valence-electron chi connectivity index (χ4n) is 1.46. The molecule has 0 saturated carbocycles. The standard InChI is InChI=1S/C10H11N7O2/c1-15(2)9-8(17(18)19)10(14-7-13-9)16(5-3-11)6-4-12/h7H,5-6H2,1-2H3. The van der Waals surface area contributed by atoms with Gasteiger partial charge in [0.1, 0.15) is 19.4 Å². The summed E-state index contributed by atoms with van der Waals surface area (Å²) in [5.74, 6) is 0.0858. The zero-order valence-electron chi connectivity index (χ0n) is 10.4. The Morgan fingerprint density at radius 2 is 1.79 bits per heavy atom. The highest BCUT2D eigenvalue weighted by atomic mass is 16.6. The van der Waals surface area contributed by atoms with Gasteiger partial charge in [-0.1, -0.05) is 0 Å². The van der Waals surface area contributed by atoms with Gasteiger partial charge in [-0.15, -0.1) is 0 Å². The second-order valence-electron chi connectivity index (χ2n) is 3.69. The van der Waals surface area contributed by atoms with Gasteiger partial charge in [0.25, 0.3) is 0 Å². The minimum absolute atomic E-state index is 0.0354. The Bertz CT molecular complexity index is 542. The average molecular weight is 261 g/mol. The maximum atomic E-state index is 11.2. The van der Waals surface area contributed by atoms with Gasteiger partial charge < -0.3 is 9.80 Å². The van der Waals surface area contributed by atoms with Crippen LogP contribution in [0.4, 0.5) is 17.3 Å². The Hall–Kier alpha value is -2.94. The maximum Gasteiger partial charge on any atom is 0.353 e. The second-order valence-corrected chi connectivity index (χ2v) is 3.69. The predicted molar refractivity (Wildman–Crippen MR) is 66.5 cm³/mol. The van der Waals surface area contributed by atoms with Gasteiger partial charge in [0.15, 0.2) is 0 Å². The smallest absolute Gasteiger partial charge is 0.353 e. The molecule has 0 radical (unpaired) electrons. The van der Waals surface area contributed by atoms with Crippen LogP contribution in [0, 0.1) is 32.8 Å². The quantitative estimate of drug-likeness (QED) is 0.421. The van der Waals surface area contributed by atoms with Crippen molar-refractivity contribution in [3.63, 3.8) is 0 Å². The van der Waals surface area contributed by atoms with Gasteiger partial charge in [-0.25, -0.2) is 9.97 Å². The molecule has 19 heavy (non-hydrogen) atoms. The molecular formula is C10H11N7O2. The summed E-state index contributed by atoms with van der Waals surface area (Å²) in [4.78, 5) is 20.9. The van der Waals surface area contributed by atoms with E-state index in [0.717, 1.165) is 0 Å². The Morgan fingerprint density at radius 1 is 1.26 bits per heavy atom. The number of nitro groups is 1. The maximum absolute atomic E-state index is 11.2. The number of nitriles is 2. The van der Waals surface area contributed by atoms with Crippen LogP contribution in [0.15, 0.2) is 6.33 Å². The van der Waals surface area contributed by atoms with Crippen LogP contribution in [0.2, 0.25) is 0 Å². The molecule has 0 bridgehead atoms. The van der Waals surface area contributed by atoms with Crippen molar-refractivity contribution in [1.29, 1.82) is 10.5 Å². The summed E-state index contributed by atoms with van der Waals surface area (Å²) in [5.41, 5.74) is -0.321. The van der Waals surface area contributed by atoms with E-state index < -0.39 is 4.92 Å². The first-order chi connectivity index (χ1) is 9.02. The highest BCUT2D eigenvalue weighted by Gasteiger charge is 2.27. The molecule has 0 saturated heterocycles. The summed E-state index contributed by atoms with van der Waals surface area (Å²) in [5, 5.41) is 28.6. The van der Waals surface area contributed by atoms with Crippen LogP contribution in [0.5, 0.6) is 0 Å².